The van der Waals surface area contributed by atoms with Crippen molar-refractivity contribution in [2.24, 2.45) is 11.8 Å². The van der Waals surface area contributed by atoms with Crippen molar-refractivity contribution in [3.63, 3.8) is 0 Å². The molecule has 2 aromatic rings. The molecule has 4 heterocycles. The third-order valence-corrected chi connectivity index (χ3v) is 7.01. The van der Waals surface area contributed by atoms with E-state index >= 15 is 0 Å². The van der Waals surface area contributed by atoms with E-state index in [1.807, 2.05) is 17.0 Å². The largest absolute Gasteiger partial charge is 0.468 e. The van der Waals surface area contributed by atoms with Crippen LogP contribution in [0.2, 0.25) is 0 Å². The van der Waals surface area contributed by atoms with Gasteiger partial charge in [0.1, 0.15) is 5.41 Å². The van der Waals surface area contributed by atoms with Crippen molar-refractivity contribution in [3.05, 3.63) is 35.5 Å². The van der Waals surface area contributed by atoms with Gasteiger partial charge in [0, 0.05) is 29.1 Å². The second-order valence-corrected chi connectivity index (χ2v) is 8.02. The van der Waals surface area contributed by atoms with Crippen LogP contribution in [0.1, 0.15) is 37.4 Å². The highest BCUT2D eigenvalue weighted by Gasteiger charge is 2.65. The first-order valence-electron chi connectivity index (χ1n) is 9.60. The number of piperidine rings is 2. The lowest BCUT2D eigenvalue weighted by molar-refractivity contribution is -0.172. The van der Waals surface area contributed by atoms with E-state index < -0.39 is 5.41 Å². The molecule has 1 amide bonds. The van der Waals surface area contributed by atoms with Gasteiger partial charge in [0.15, 0.2) is 0 Å². The number of ether oxygens (including phenoxy) is 1. The molecule has 136 valence electrons. The summed E-state index contributed by atoms with van der Waals surface area (Å²) in [7, 11) is 1.47. The van der Waals surface area contributed by atoms with Gasteiger partial charge in [0.2, 0.25) is 5.91 Å². The first-order valence-corrected chi connectivity index (χ1v) is 9.60. The Morgan fingerprint density at radius 3 is 2.96 bits per heavy atom. The molecule has 4 atom stereocenters. The second kappa shape index (κ2) is 5.35. The van der Waals surface area contributed by atoms with E-state index in [0.29, 0.717) is 18.9 Å². The van der Waals surface area contributed by atoms with Gasteiger partial charge in [-0.3, -0.25) is 9.59 Å². The molecule has 2 saturated heterocycles. The summed E-state index contributed by atoms with van der Waals surface area (Å²) < 4.78 is 5.36. The number of fused-ring (bicyclic) bond motifs is 4. The third kappa shape index (κ3) is 1.76. The fraction of sp³-hybridized carbons (Fsp3) is 0.524. The highest BCUT2D eigenvalue weighted by Crippen LogP contribution is 2.55. The summed E-state index contributed by atoms with van der Waals surface area (Å²) >= 11 is 0. The molecule has 1 aliphatic carbocycles. The summed E-state index contributed by atoms with van der Waals surface area (Å²) in [5.41, 5.74) is 2.48. The Labute approximate surface area is 152 Å². The van der Waals surface area contributed by atoms with Crippen LogP contribution in [0.15, 0.2) is 24.3 Å². The van der Waals surface area contributed by atoms with Crippen LogP contribution in [0.4, 0.5) is 0 Å². The lowest BCUT2D eigenvalue weighted by Gasteiger charge is -2.57. The van der Waals surface area contributed by atoms with Crippen LogP contribution in [0, 0.1) is 11.8 Å². The molecular weight excluding hydrogens is 328 g/mol. The van der Waals surface area contributed by atoms with Crippen LogP contribution in [-0.2, 0) is 26.2 Å². The Hall–Kier alpha value is -2.30. The first-order chi connectivity index (χ1) is 12.6. The zero-order valence-electron chi connectivity index (χ0n) is 15.2. The van der Waals surface area contributed by atoms with Gasteiger partial charge in [0.25, 0.3) is 0 Å². The molecule has 3 fully saturated rings. The molecule has 0 spiro atoms. The Morgan fingerprint density at radius 1 is 1.38 bits per heavy atom. The van der Waals surface area contributed by atoms with Crippen molar-refractivity contribution in [3.8, 4) is 0 Å². The molecule has 1 aromatic carbocycles. The molecule has 6 rings (SSSR count). The number of aromatic nitrogens is 1. The van der Waals surface area contributed by atoms with E-state index in [2.05, 4.69) is 24.0 Å². The molecule has 4 unspecified atom stereocenters. The van der Waals surface area contributed by atoms with Gasteiger partial charge in [-0.05, 0) is 36.8 Å². The molecule has 4 bridgehead atoms. The number of nitrogens with zero attached hydrogens (tertiary/aromatic N) is 1. The zero-order chi connectivity index (χ0) is 18.1. The topological polar surface area (TPSA) is 62.4 Å². The highest BCUT2D eigenvalue weighted by molar-refractivity contribution is 5.95. The maximum absolute atomic E-state index is 13.3. The number of hydrogen-bond donors (Lipinski definition) is 1. The molecule has 5 nitrogen and oxygen atoms in total. The van der Waals surface area contributed by atoms with Crippen molar-refractivity contribution >= 4 is 22.8 Å². The molecule has 26 heavy (non-hydrogen) atoms. The molecular formula is C21H24N2O3. The highest BCUT2D eigenvalue weighted by atomic mass is 16.5. The summed E-state index contributed by atoms with van der Waals surface area (Å²) in [6.07, 6.45) is 3.21. The van der Waals surface area contributed by atoms with Crippen LogP contribution >= 0.6 is 0 Å². The van der Waals surface area contributed by atoms with E-state index in [-0.39, 0.29) is 23.8 Å². The number of methoxy groups -OCH3 is 1. The number of H-pyrrole nitrogens is 1. The van der Waals surface area contributed by atoms with Gasteiger partial charge >= 0.3 is 5.97 Å². The average molecular weight is 352 g/mol. The standard InChI is InChI=1S/C21H24N2O3/c1-3-12-10-13-11-21(20(25)26-2)17-15(8-9-23(18(12)21)19(13)24)14-6-4-5-7-16(14)22-17/h4-7,12-13,18,22H,3,8-11H2,1-2H3. The number of aromatic amines is 1. The van der Waals surface area contributed by atoms with Gasteiger partial charge in [-0.2, -0.15) is 0 Å². The third-order valence-electron chi connectivity index (χ3n) is 7.01. The SMILES string of the molecule is CCC1CC2CC3(C(=O)OC)c4[nH]c5ccccc5c4CCN(C2=O)C13. The predicted octanol–water partition coefficient (Wildman–Crippen LogP) is 2.78. The summed E-state index contributed by atoms with van der Waals surface area (Å²) in [6.45, 7) is 2.85. The number of rotatable bonds is 2. The van der Waals surface area contributed by atoms with Gasteiger partial charge < -0.3 is 14.6 Å². The number of carbonyl (C=O) groups is 2. The first kappa shape index (κ1) is 15.9. The minimum Gasteiger partial charge on any atom is -0.468 e. The monoisotopic (exact) mass is 352 g/mol. The van der Waals surface area contributed by atoms with Gasteiger partial charge in [-0.1, -0.05) is 31.5 Å². The van der Waals surface area contributed by atoms with E-state index in [9.17, 15) is 9.59 Å². The summed E-state index contributed by atoms with van der Waals surface area (Å²) in [5.74, 6) is 0.288. The maximum Gasteiger partial charge on any atom is 0.319 e. The van der Waals surface area contributed by atoms with Crippen molar-refractivity contribution in [2.45, 2.75) is 44.1 Å². The van der Waals surface area contributed by atoms with Crippen LogP contribution in [0.3, 0.4) is 0 Å². The molecule has 0 radical (unpaired) electrons. The quantitative estimate of drug-likeness (QED) is 0.846. The zero-order valence-corrected chi connectivity index (χ0v) is 15.2. The molecule has 4 aliphatic rings. The van der Waals surface area contributed by atoms with Crippen LogP contribution in [0.5, 0.6) is 0 Å². The second-order valence-electron chi connectivity index (χ2n) is 8.02. The molecule has 3 aliphatic heterocycles. The normalized spacial score (nSPS) is 32.5. The van der Waals surface area contributed by atoms with Crippen molar-refractivity contribution in [1.29, 1.82) is 0 Å². The fourth-order valence-corrected chi connectivity index (χ4v) is 6.02. The average Bonchev–Trinajstić information content (AvgIpc) is 3.00. The Kier molecular flexibility index (Phi) is 3.27. The summed E-state index contributed by atoms with van der Waals surface area (Å²) in [4.78, 5) is 31.8. The molecule has 5 heteroatoms. The Bertz CT molecular complexity index is 917. The number of benzene rings is 1. The number of hydrogen-bond acceptors (Lipinski definition) is 3. The molecule has 1 saturated carbocycles. The minimum absolute atomic E-state index is 0.0820. The lowest BCUT2D eigenvalue weighted by atomic mass is 9.56. The number of para-hydroxylation sites is 1. The minimum atomic E-state index is -0.767. The van der Waals surface area contributed by atoms with Crippen molar-refractivity contribution < 1.29 is 14.3 Å². The lowest BCUT2D eigenvalue weighted by Crippen LogP contribution is -2.69. The van der Waals surface area contributed by atoms with Gasteiger partial charge in [0.05, 0.1) is 13.2 Å². The van der Waals surface area contributed by atoms with Crippen LogP contribution < -0.4 is 0 Å². The van der Waals surface area contributed by atoms with Gasteiger partial charge in [-0.15, -0.1) is 0 Å². The Morgan fingerprint density at radius 2 is 2.19 bits per heavy atom. The molecule has 1 N–H and O–H groups in total. The van der Waals surface area contributed by atoms with Crippen molar-refractivity contribution in [2.75, 3.05) is 13.7 Å². The fourth-order valence-electron chi connectivity index (χ4n) is 6.02. The van der Waals surface area contributed by atoms with E-state index in [1.54, 1.807) is 0 Å². The smallest absolute Gasteiger partial charge is 0.319 e. The number of esters is 1. The summed E-state index contributed by atoms with van der Waals surface area (Å²) in [6, 6.07) is 8.12. The van der Waals surface area contributed by atoms with E-state index in [0.717, 1.165) is 35.9 Å². The number of carbonyl (C=O) groups excluding carboxylic acids is 2. The number of nitrogens with one attached hydrogen (secondary N) is 1. The van der Waals surface area contributed by atoms with Crippen LogP contribution in [-0.4, -0.2) is 41.5 Å². The van der Waals surface area contributed by atoms with E-state index in [1.165, 1.54) is 12.7 Å². The van der Waals surface area contributed by atoms with E-state index in [4.69, 9.17) is 4.74 Å². The van der Waals surface area contributed by atoms with Crippen LogP contribution in [0.25, 0.3) is 10.9 Å². The molecule has 1 aromatic heterocycles. The number of amides is 1. The van der Waals surface area contributed by atoms with Gasteiger partial charge in [-0.25, -0.2) is 0 Å². The Balaban J connectivity index is 1.83. The summed E-state index contributed by atoms with van der Waals surface area (Å²) in [5, 5.41) is 1.16. The van der Waals surface area contributed by atoms with Crippen molar-refractivity contribution in [1.82, 2.24) is 9.88 Å². The predicted molar refractivity (Wildman–Crippen MR) is 97.7 cm³/mol. The maximum atomic E-state index is 13.3.